The fraction of sp³-hybridized carbons (Fsp3) is 0.292. The molecule has 2 aromatic heterocycles. The largest absolute Gasteiger partial charge is 0.333 e. The van der Waals surface area contributed by atoms with E-state index in [2.05, 4.69) is 60.1 Å². The van der Waals surface area contributed by atoms with Crippen molar-refractivity contribution in [3.63, 3.8) is 0 Å². The number of hydrogen-bond acceptors (Lipinski definition) is 7. The average molecular weight is 808 g/mol. The second kappa shape index (κ2) is 18.8. The third-order valence-electron chi connectivity index (χ3n) is 10.7. The van der Waals surface area contributed by atoms with Crippen molar-refractivity contribution in [2.75, 3.05) is 13.1 Å². The summed E-state index contributed by atoms with van der Waals surface area (Å²) < 4.78 is 0. The van der Waals surface area contributed by atoms with Gasteiger partial charge >= 0.3 is 0 Å². The number of carbonyl (C=O) groups excluding carboxylic acids is 3. The molecule has 5 aromatic rings. The number of aliphatic imine (C=N–C) groups is 1. The molecule has 2 aliphatic rings. The van der Waals surface area contributed by atoms with Gasteiger partial charge in [0.2, 0.25) is 17.7 Å². The van der Waals surface area contributed by atoms with E-state index in [9.17, 15) is 14.4 Å². The van der Waals surface area contributed by atoms with Gasteiger partial charge in [-0.05, 0) is 66.0 Å². The van der Waals surface area contributed by atoms with Gasteiger partial charge in [-0.3, -0.25) is 14.4 Å². The molecule has 296 valence electrons. The summed E-state index contributed by atoms with van der Waals surface area (Å²) >= 11 is 3.29. The van der Waals surface area contributed by atoms with Crippen LogP contribution in [0.5, 0.6) is 0 Å². The third kappa shape index (κ3) is 9.24. The number of allylic oxidation sites excluding steroid dienone is 4. The number of rotatable bonds is 13. The van der Waals surface area contributed by atoms with Crippen LogP contribution >= 0.6 is 22.7 Å². The van der Waals surface area contributed by atoms with E-state index in [0.717, 1.165) is 85.4 Å². The van der Waals surface area contributed by atoms with Crippen molar-refractivity contribution < 1.29 is 14.4 Å². The van der Waals surface area contributed by atoms with Crippen molar-refractivity contribution in [3.8, 4) is 32.0 Å². The quantitative estimate of drug-likeness (QED) is 0.0872. The molecular formula is C48H49N5O3S2. The first-order chi connectivity index (χ1) is 28.2. The summed E-state index contributed by atoms with van der Waals surface area (Å²) in [6.07, 6.45) is 16.9. The number of benzene rings is 3. The highest BCUT2D eigenvalue weighted by molar-refractivity contribution is 7.15. The normalized spacial score (nSPS) is 17.8. The second-order valence-electron chi connectivity index (χ2n) is 15.0. The number of amides is 3. The van der Waals surface area contributed by atoms with E-state index in [4.69, 9.17) is 9.97 Å². The highest BCUT2D eigenvalue weighted by atomic mass is 32.1. The number of thiazole rings is 2. The summed E-state index contributed by atoms with van der Waals surface area (Å²) in [4.78, 5) is 59.6. The zero-order valence-corrected chi connectivity index (χ0v) is 34.9. The van der Waals surface area contributed by atoms with Gasteiger partial charge in [0.05, 0.1) is 34.2 Å². The van der Waals surface area contributed by atoms with E-state index in [1.54, 1.807) is 28.7 Å². The van der Waals surface area contributed by atoms with Crippen LogP contribution in [0, 0.1) is 5.92 Å². The molecule has 2 saturated heterocycles. The molecule has 0 bridgehead atoms. The summed E-state index contributed by atoms with van der Waals surface area (Å²) in [7, 11) is 0. The Morgan fingerprint density at radius 1 is 0.793 bits per heavy atom. The van der Waals surface area contributed by atoms with Crippen molar-refractivity contribution >= 4 is 46.6 Å². The Kier molecular flexibility index (Phi) is 13.2. The maximum atomic E-state index is 14.1. The Morgan fingerprint density at radius 2 is 1.33 bits per heavy atom. The van der Waals surface area contributed by atoms with Crippen molar-refractivity contribution in [1.82, 2.24) is 19.8 Å². The van der Waals surface area contributed by atoms with Gasteiger partial charge in [-0.25, -0.2) is 15.0 Å². The minimum absolute atomic E-state index is 0.00767. The van der Waals surface area contributed by atoms with E-state index < -0.39 is 5.92 Å². The number of hydrogen-bond donors (Lipinski definition) is 0. The van der Waals surface area contributed by atoms with Gasteiger partial charge in [-0.1, -0.05) is 124 Å². The molecule has 58 heavy (non-hydrogen) atoms. The summed E-state index contributed by atoms with van der Waals surface area (Å²) in [6.45, 7) is 10.8. The molecule has 2 aliphatic heterocycles. The zero-order chi connectivity index (χ0) is 40.6. The van der Waals surface area contributed by atoms with Crippen LogP contribution in [0.15, 0.2) is 133 Å². The Labute approximate surface area is 349 Å². The Balaban J connectivity index is 1.01. The molecular weight excluding hydrogens is 759 g/mol. The molecule has 2 fully saturated rings. The number of aromatic nitrogens is 2. The molecule has 8 nitrogen and oxygen atoms in total. The lowest BCUT2D eigenvalue weighted by atomic mass is 9.98. The molecule has 7 rings (SSSR count). The van der Waals surface area contributed by atoms with Crippen LogP contribution in [-0.2, 0) is 14.4 Å². The van der Waals surface area contributed by atoms with Crippen molar-refractivity contribution in [2.45, 2.75) is 70.9 Å². The van der Waals surface area contributed by atoms with Gasteiger partial charge in [0.25, 0.3) is 0 Å². The lowest BCUT2D eigenvalue weighted by molar-refractivity contribution is -0.132. The lowest BCUT2D eigenvalue weighted by Crippen LogP contribution is -2.35. The molecule has 3 atom stereocenters. The van der Waals surface area contributed by atoms with Crippen LogP contribution in [0.25, 0.3) is 32.0 Å². The standard InChI is InChI=1S/C48H49N5O3S2/c1-5-12-33(13-6-2)28-44(54)52-26-10-16-40(52)46-50-30-42(57-46)37-22-18-34(19-23-37)35-20-24-38(25-21-35)43-31-51-47(58-43)41-17-11-27-53(41)48(56)39(29-49-45(55)32(3)4)36-14-8-7-9-15-36/h5-9,12-15,18-25,29-32,39-41H,1,10-11,16-17,26-28H2,2-4H3/b13-6-,33-12+,49-29+/t39?,40-,41-/m0/s1. The second-order valence-corrected chi connectivity index (χ2v) is 17.2. The highest BCUT2D eigenvalue weighted by Gasteiger charge is 2.36. The summed E-state index contributed by atoms with van der Waals surface area (Å²) in [5.41, 5.74) is 6.19. The van der Waals surface area contributed by atoms with Crippen LogP contribution in [0.4, 0.5) is 0 Å². The van der Waals surface area contributed by atoms with Gasteiger partial charge < -0.3 is 9.80 Å². The molecule has 0 aliphatic carbocycles. The molecule has 3 amide bonds. The van der Waals surface area contributed by atoms with Gasteiger partial charge in [-0.15, -0.1) is 22.7 Å². The third-order valence-corrected chi connectivity index (χ3v) is 13.0. The fourth-order valence-electron chi connectivity index (χ4n) is 7.66. The fourth-order valence-corrected chi connectivity index (χ4v) is 9.80. The topological polar surface area (TPSA) is 95.8 Å². The first kappa shape index (κ1) is 40.6. The zero-order valence-electron chi connectivity index (χ0n) is 33.3. The van der Waals surface area contributed by atoms with Crippen molar-refractivity contribution in [2.24, 2.45) is 10.9 Å². The summed E-state index contributed by atoms with van der Waals surface area (Å²) in [6, 6.07) is 26.5. The van der Waals surface area contributed by atoms with Crippen LogP contribution in [0.2, 0.25) is 0 Å². The van der Waals surface area contributed by atoms with Crippen LogP contribution in [0.3, 0.4) is 0 Å². The average Bonchev–Trinajstić information content (AvgIpc) is 4.09. The molecule has 0 saturated carbocycles. The van der Waals surface area contributed by atoms with Gasteiger partial charge in [0.1, 0.15) is 10.0 Å². The van der Waals surface area contributed by atoms with Crippen molar-refractivity contribution in [3.05, 3.63) is 143 Å². The van der Waals surface area contributed by atoms with Gasteiger partial charge in [-0.2, -0.15) is 0 Å². The minimum Gasteiger partial charge on any atom is -0.333 e. The van der Waals surface area contributed by atoms with Crippen LogP contribution in [-0.4, -0.2) is 56.8 Å². The molecule has 3 aromatic carbocycles. The Hall–Kier alpha value is -5.58. The molecule has 10 heteroatoms. The van der Waals surface area contributed by atoms with E-state index in [1.807, 2.05) is 91.5 Å². The minimum atomic E-state index is -0.641. The van der Waals surface area contributed by atoms with E-state index in [-0.39, 0.29) is 35.7 Å². The summed E-state index contributed by atoms with van der Waals surface area (Å²) in [5.74, 6) is -1.05. The van der Waals surface area contributed by atoms with E-state index in [1.165, 1.54) is 6.21 Å². The maximum absolute atomic E-state index is 14.1. The molecule has 0 spiro atoms. The Morgan fingerprint density at radius 3 is 1.86 bits per heavy atom. The first-order valence-electron chi connectivity index (χ1n) is 20.0. The van der Waals surface area contributed by atoms with Gasteiger partial charge in [0, 0.05) is 37.6 Å². The molecule has 0 radical (unpaired) electrons. The lowest BCUT2D eigenvalue weighted by Gasteiger charge is -2.26. The van der Waals surface area contributed by atoms with Crippen LogP contribution < -0.4 is 0 Å². The maximum Gasteiger partial charge on any atom is 0.247 e. The monoisotopic (exact) mass is 807 g/mol. The predicted octanol–water partition coefficient (Wildman–Crippen LogP) is 11.0. The summed E-state index contributed by atoms with van der Waals surface area (Å²) in [5, 5.41) is 1.90. The smallest absolute Gasteiger partial charge is 0.247 e. The number of nitrogens with zero attached hydrogens (tertiary/aromatic N) is 5. The van der Waals surface area contributed by atoms with E-state index >= 15 is 0 Å². The molecule has 4 heterocycles. The van der Waals surface area contributed by atoms with Crippen molar-refractivity contribution in [1.29, 1.82) is 0 Å². The number of likely N-dealkylation sites (tertiary alicyclic amines) is 2. The highest BCUT2D eigenvalue weighted by Crippen LogP contribution is 2.40. The first-order valence-corrected chi connectivity index (χ1v) is 21.7. The predicted molar refractivity (Wildman–Crippen MR) is 237 cm³/mol. The number of carbonyl (C=O) groups is 3. The van der Waals surface area contributed by atoms with E-state index in [0.29, 0.717) is 13.0 Å². The molecule has 0 N–H and O–H groups in total. The van der Waals surface area contributed by atoms with Gasteiger partial charge in [0.15, 0.2) is 0 Å². The Bertz CT molecular complexity index is 2320. The SMILES string of the molecule is C=C/C=C(\C=C/C)CC(=O)N1CCC[C@H]1c1ncc(-c2ccc(-c3ccc(-c4cnc([C@@H]5CCCN5C(=O)C(/C=N/C(=O)C(C)C)c5ccccc5)s4)cc3)cc2)s1. The molecule has 1 unspecified atom stereocenters. The van der Waals surface area contributed by atoms with Crippen LogP contribution in [0.1, 0.15) is 86.5 Å².